The SMILES string of the molecule is O=C(Cl)CC(F)(F)C(F)(F)C(F)(F)C(F)(F)C(F)(F)C(F)(F)C(F)(F)C(F)(F)C(F)(F)C(F)(F)F. The van der Waals surface area contributed by atoms with Crippen LogP contribution in [-0.4, -0.2) is 64.7 Å². The van der Waals surface area contributed by atoms with Crippen molar-refractivity contribution in [2.75, 3.05) is 0 Å². The van der Waals surface area contributed by atoms with Gasteiger partial charge in [0.1, 0.15) is 0 Å². The molecule has 0 heterocycles. The second-order valence-corrected chi connectivity index (χ2v) is 6.75. The highest BCUT2D eigenvalue weighted by atomic mass is 35.5. The molecule has 0 bridgehead atoms. The lowest BCUT2D eigenvalue weighted by Crippen LogP contribution is -2.76. The summed E-state index contributed by atoms with van der Waals surface area (Å²) in [5.74, 6) is -77.8. The van der Waals surface area contributed by atoms with Gasteiger partial charge in [-0.2, -0.15) is 92.2 Å². The number of rotatable bonds is 10. The first-order valence-electron chi connectivity index (χ1n) is 7.32. The highest BCUT2D eigenvalue weighted by molar-refractivity contribution is 6.63. The molecule has 0 fully saturated rings. The van der Waals surface area contributed by atoms with Gasteiger partial charge in [-0.25, -0.2) is 0 Å². The summed E-state index contributed by atoms with van der Waals surface area (Å²) in [6.45, 7) is 0. The molecular weight excluding hydrogens is 595 g/mol. The lowest BCUT2D eigenvalue weighted by Gasteiger charge is -2.44. The largest absolute Gasteiger partial charge is 0.460 e. The van der Waals surface area contributed by atoms with Crippen molar-refractivity contribution in [3.63, 3.8) is 0 Å². The first kappa shape index (κ1) is 33.5. The Hall–Kier alpha value is -1.51. The fraction of sp³-hybridized carbons (Fsp3) is 0.917. The third-order valence-corrected chi connectivity index (χ3v) is 4.07. The van der Waals surface area contributed by atoms with Crippen molar-refractivity contribution in [2.24, 2.45) is 0 Å². The first-order valence-corrected chi connectivity index (χ1v) is 7.70. The minimum atomic E-state index is -9.22. The van der Waals surface area contributed by atoms with Gasteiger partial charge in [0.25, 0.3) is 0 Å². The molecule has 0 spiro atoms. The molecule has 0 aliphatic heterocycles. The van der Waals surface area contributed by atoms with Gasteiger partial charge in [0, 0.05) is 0 Å². The molecular formula is C12H2ClF21O. The highest BCUT2D eigenvalue weighted by Crippen LogP contribution is 2.66. The van der Waals surface area contributed by atoms with E-state index < -0.39 is 71.1 Å². The van der Waals surface area contributed by atoms with Crippen molar-refractivity contribution in [1.82, 2.24) is 0 Å². The van der Waals surface area contributed by atoms with Gasteiger partial charge >= 0.3 is 59.5 Å². The van der Waals surface area contributed by atoms with E-state index in [0.717, 1.165) is 0 Å². The Balaban J connectivity index is 7.05. The number of halogens is 22. The second-order valence-electron chi connectivity index (χ2n) is 6.33. The average Bonchev–Trinajstić information content (AvgIpc) is 2.58. The van der Waals surface area contributed by atoms with Crippen LogP contribution in [-0.2, 0) is 4.79 Å². The van der Waals surface area contributed by atoms with Gasteiger partial charge in [-0.3, -0.25) is 4.79 Å². The summed E-state index contributed by atoms with van der Waals surface area (Å²) in [6, 6.07) is 0. The topological polar surface area (TPSA) is 17.1 Å². The van der Waals surface area contributed by atoms with Crippen LogP contribution in [0.5, 0.6) is 0 Å². The fourth-order valence-corrected chi connectivity index (χ4v) is 2.04. The van der Waals surface area contributed by atoms with Crippen LogP contribution in [0.2, 0.25) is 0 Å². The average molecular weight is 597 g/mol. The van der Waals surface area contributed by atoms with Crippen LogP contribution in [0, 0.1) is 0 Å². The Morgan fingerprint density at radius 2 is 0.600 bits per heavy atom. The molecule has 35 heavy (non-hydrogen) atoms. The Bertz CT molecular complexity index is 808. The van der Waals surface area contributed by atoms with Gasteiger partial charge < -0.3 is 0 Å². The van der Waals surface area contributed by atoms with E-state index in [-0.39, 0.29) is 0 Å². The van der Waals surface area contributed by atoms with Crippen LogP contribution in [0.3, 0.4) is 0 Å². The third-order valence-electron chi connectivity index (χ3n) is 3.94. The van der Waals surface area contributed by atoms with Crippen molar-refractivity contribution in [3.8, 4) is 0 Å². The molecule has 0 atom stereocenters. The Morgan fingerprint density at radius 3 is 0.800 bits per heavy atom. The lowest BCUT2D eigenvalue weighted by atomic mass is 9.86. The molecule has 0 saturated carbocycles. The maximum Gasteiger partial charge on any atom is 0.460 e. The predicted octanol–water partition coefficient (Wildman–Crippen LogP) is 7.42. The van der Waals surface area contributed by atoms with E-state index in [1.54, 1.807) is 0 Å². The maximum absolute atomic E-state index is 13.4. The standard InChI is InChI=1S/C12H2ClF21O/c13-2(35)1-3(14,15)4(16,17)5(18,19)6(20,21)7(22,23)8(24,25)9(26,27)10(28,29)11(30,31)12(32,33)34/h1H2. The van der Waals surface area contributed by atoms with E-state index in [4.69, 9.17) is 0 Å². The van der Waals surface area contributed by atoms with Gasteiger partial charge in [-0.05, 0) is 11.6 Å². The molecule has 0 aliphatic carbocycles. The molecule has 0 saturated heterocycles. The van der Waals surface area contributed by atoms with Crippen LogP contribution in [0.4, 0.5) is 92.2 Å². The number of carbonyl (C=O) groups excluding carboxylic acids is 1. The van der Waals surface area contributed by atoms with Crippen LogP contribution in [0.1, 0.15) is 6.42 Å². The van der Waals surface area contributed by atoms with Gasteiger partial charge in [0.2, 0.25) is 5.24 Å². The normalized spacial score (nSPS) is 16.5. The van der Waals surface area contributed by atoms with Crippen LogP contribution in [0.25, 0.3) is 0 Å². The third kappa shape index (κ3) is 4.23. The molecule has 0 amide bonds. The Labute approximate surface area is 181 Å². The van der Waals surface area contributed by atoms with E-state index in [2.05, 4.69) is 11.6 Å². The summed E-state index contributed by atoms with van der Waals surface area (Å²) in [5, 5.41) is -2.80. The molecule has 0 aliphatic rings. The molecule has 0 unspecified atom stereocenters. The van der Waals surface area contributed by atoms with Crippen molar-refractivity contribution >= 4 is 16.8 Å². The molecule has 210 valence electrons. The van der Waals surface area contributed by atoms with Crippen LogP contribution in [0.15, 0.2) is 0 Å². The zero-order valence-corrected chi connectivity index (χ0v) is 15.7. The van der Waals surface area contributed by atoms with Gasteiger partial charge in [-0.1, -0.05) is 0 Å². The zero-order valence-electron chi connectivity index (χ0n) is 14.9. The van der Waals surface area contributed by atoms with E-state index in [1.807, 2.05) is 0 Å². The van der Waals surface area contributed by atoms with Crippen molar-refractivity contribution in [2.45, 2.75) is 65.9 Å². The second kappa shape index (κ2) is 8.25. The molecule has 0 N–H and O–H groups in total. The molecule has 0 radical (unpaired) electrons. The fourth-order valence-electron chi connectivity index (χ4n) is 1.88. The molecule has 1 nitrogen and oxygen atoms in total. The maximum atomic E-state index is 13.4. The van der Waals surface area contributed by atoms with E-state index in [1.165, 1.54) is 0 Å². The van der Waals surface area contributed by atoms with Gasteiger partial charge in [-0.15, -0.1) is 0 Å². The monoisotopic (exact) mass is 596 g/mol. The molecule has 0 rings (SSSR count). The zero-order chi connectivity index (χ0) is 29.3. The summed E-state index contributed by atoms with van der Waals surface area (Å²) in [4.78, 5) is 10.2. The summed E-state index contributed by atoms with van der Waals surface area (Å²) in [7, 11) is 0. The summed E-state index contributed by atoms with van der Waals surface area (Å²) in [6.07, 6.45) is -11.5. The molecule has 0 aromatic rings. The van der Waals surface area contributed by atoms with E-state index in [9.17, 15) is 97.0 Å². The predicted molar refractivity (Wildman–Crippen MR) is 66.1 cm³/mol. The van der Waals surface area contributed by atoms with E-state index in [0.29, 0.717) is 0 Å². The summed E-state index contributed by atoms with van der Waals surface area (Å²) in [5.41, 5.74) is 0. The lowest BCUT2D eigenvalue weighted by molar-refractivity contribution is -0.474. The minimum absolute atomic E-state index is 2.80. The smallest absolute Gasteiger partial charge is 0.281 e. The number of carbonyl (C=O) groups is 1. The molecule has 0 aromatic heterocycles. The van der Waals surface area contributed by atoms with Crippen molar-refractivity contribution < 1.29 is 97.0 Å². The molecule has 23 heteroatoms. The van der Waals surface area contributed by atoms with Crippen LogP contribution >= 0.6 is 11.6 Å². The Morgan fingerprint density at radius 1 is 0.400 bits per heavy atom. The van der Waals surface area contributed by atoms with Crippen molar-refractivity contribution in [3.05, 3.63) is 0 Å². The number of alkyl halides is 21. The first-order chi connectivity index (χ1) is 14.7. The van der Waals surface area contributed by atoms with E-state index >= 15 is 0 Å². The van der Waals surface area contributed by atoms with Crippen LogP contribution < -0.4 is 0 Å². The summed E-state index contributed by atoms with van der Waals surface area (Å²) >= 11 is 4.09. The quantitative estimate of drug-likeness (QED) is 0.190. The Kier molecular flexibility index (Phi) is 7.89. The number of hydrogen-bond donors (Lipinski definition) is 0. The summed E-state index contributed by atoms with van der Waals surface area (Å²) < 4.78 is 273. The number of hydrogen-bond acceptors (Lipinski definition) is 1. The molecule has 0 aromatic carbocycles. The highest BCUT2D eigenvalue weighted by Gasteiger charge is 2.97. The van der Waals surface area contributed by atoms with Crippen molar-refractivity contribution in [1.29, 1.82) is 0 Å². The minimum Gasteiger partial charge on any atom is -0.281 e. The van der Waals surface area contributed by atoms with Gasteiger partial charge in [0.05, 0.1) is 6.42 Å². The van der Waals surface area contributed by atoms with Gasteiger partial charge in [0.15, 0.2) is 0 Å².